The molecule has 3 nitrogen and oxygen atoms in total. The molecule has 1 aromatic rings. The van der Waals surface area contributed by atoms with Gasteiger partial charge in [-0.05, 0) is 24.6 Å². The van der Waals surface area contributed by atoms with E-state index in [9.17, 15) is 9.18 Å². The summed E-state index contributed by atoms with van der Waals surface area (Å²) in [6.07, 6.45) is 4.61. The van der Waals surface area contributed by atoms with Crippen molar-refractivity contribution in [3.63, 3.8) is 0 Å². The monoisotopic (exact) mass is 291 g/mol. The fraction of sp³-hybridized carbons (Fsp3) is 0.471. The number of nitrogens with one attached hydrogen (secondary N) is 1. The molecule has 0 aliphatic heterocycles. The zero-order chi connectivity index (χ0) is 15.5. The number of hydrogen-bond donors (Lipinski definition) is 2. The standard InChI is InChI=1S/C17H22FNO2/c1-2-3-4-6-11-19-17(21)15-10-9-14(13-16(15)18)8-5-7-12-20/h9-10,13,20H,2-4,6-7,11-12H2,1H3,(H,19,21). The molecule has 0 saturated heterocycles. The number of unbranched alkanes of at least 4 members (excludes halogenated alkanes) is 3. The first-order valence-electron chi connectivity index (χ1n) is 7.36. The number of hydrogen-bond acceptors (Lipinski definition) is 2. The van der Waals surface area contributed by atoms with Gasteiger partial charge in [0.1, 0.15) is 5.82 Å². The summed E-state index contributed by atoms with van der Waals surface area (Å²) in [5.74, 6) is 4.49. The summed E-state index contributed by atoms with van der Waals surface area (Å²) in [4.78, 5) is 11.8. The van der Waals surface area contributed by atoms with E-state index in [2.05, 4.69) is 24.1 Å². The van der Waals surface area contributed by atoms with Crippen LogP contribution in [0.15, 0.2) is 18.2 Å². The highest BCUT2D eigenvalue weighted by atomic mass is 19.1. The van der Waals surface area contributed by atoms with Gasteiger partial charge in [-0.2, -0.15) is 0 Å². The fourth-order valence-electron chi connectivity index (χ4n) is 1.85. The molecule has 0 fully saturated rings. The molecule has 0 heterocycles. The van der Waals surface area contributed by atoms with Crippen molar-refractivity contribution in [1.82, 2.24) is 5.32 Å². The summed E-state index contributed by atoms with van der Waals surface area (Å²) in [6.45, 7) is 2.67. The van der Waals surface area contributed by atoms with E-state index in [1.54, 1.807) is 6.07 Å². The number of amides is 1. The Morgan fingerprint density at radius 3 is 2.81 bits per heavy atom. The second-order valence-electron chi connectivity index (χ2n) is 4.79. The molecule has 4 heteroatoms. The molecule has 0 spiro atoms. The van der Waals surface area contributed by atoms with Crippen molar-refractivity contribution in [1.29, 1.82) is 0 Å². The van der Waals surface area contributed by atoms with Crippen LogP contribution in [0.25, 0.3) is 0 Å². The maximum atomic E-state index is 13.9. The third kappa shape index (κ3) is 6.42. The lowest BCUT2D eigenvalue weighted by atomic mass is 10.1. The average Bonchev–Trinajstić information content (AvgIpc) is 2.47. The quantitative estimate of drug-likeness (QED) is 0.599. The topological polar surface area (TPSA) is 49.3 Å². The molecule has 1 amide bonds. The van der Waals surface area contributed by atoms with Gasteiger partial charge in [0, 0.05) is 18.5 Å². The Bertz CT molecular complexity index is 517. The minimum Gasteiger partial charge on any atom is -0.395 e. The highest BCUT2D eigenvalue weighted by molar-refractivity contribution is 5.94. The van der Waals surface area contributed by atoms with Crippen LogP contribution in [0.3, 0.4) is 0 Å². The predicted molar refractivity (Wildman–Crippen MR) is 81.5 cm³/mol. The minimum atomic E-state index is -0.572. The summed E-state index contributed by atoms with van der Waals surface area (Å²) in [6, 6.07) is 4.30. The summed E-state index contributed by atoms with van der Waals surface area (Å²) in [5.41, 5.74) is 0.540. The van der Waals surface area contributed by atoms with Gasteiger partial charge in [-0.15, -0.1) is 0 Å². The van der Waals surface area contributed by atoms with Crippen LogP contribution in [-0.4, -0.2) is 24.2 Å². The number of carbonyl (C=O) groups is 1. The summed E-state index contributed by atoms with van der Waals surface area (Å²) in [7, 11) is 0. The zero-order valence-electron chi connectivity index (χ0n) is 12.4. The van der Waals surface area contributed by atoms with Gasteiger partial charge in [0.25, 0.3) is 5.91 Å². The molecular weight excluding hydrogens is 269 g/mol. The van der Waals surface area contributed by atoms with Gasteiger partial charge in [-0.3, -0.25) is 4.79 Å². The Kier molecular flexibility index (Phi) is 8.15. The first-order chi connectivity index (χ1) is 10.2. The van der Waals surface area contributed by atoms with E-state index < -0.39 is 5.82 Å². The van der Waals surface area contributed by atoms with Crippen LogP contribution < -0.4 is 5.32 Å². The molecule has 0 unspecified atom stereocenters. The predicted octanol–water partition coefficient (Wildman–Crippen LogP) is 2.87. The Morgan fingerprint density at radius 2 is 2.14 bits per heavy atom. The number of halogens is 1. The van der Waals surface area contributed by atoms with E-state index in [1.807, 2.05) is 0 Å². The maximum Gasteiger partial charge on any atom is 0.254 e. The number of benzene rings is 1. The van der Waals surface area contributed by atoms with Gasteiger partial charge in [-0.1, -0.05) is 38.0 Å². The van der Waals surface area contributed by atoms with E-state index >= 15 is 0 Å². The van der Waals surface area contributed by atoms with Crippen molar-refractivity contribution in [3.05, 3.63) is 35.1 Å². The van der Waals surface area contributed by atoms with Crippen LogP contribution in [0, 0.1) is 17.7 Å². The second-order valence-corrected chi connectivity index (χ2v) is 4.79. The molecule has 0 saturated carbocycles. The molecule has 0 aliphatic carbocycles. The van der Waals surface area contributed by atoms with Crippen molar-refractivity contribution in [3.8, 4) is 11.8 Å². The van der Waals surface area contributed by atoms with Crippen LogP contribution in [0.2, 0.25) is 0 Å². The Labute approximate surface area is 125 Å². The lowest BCUT2D eigenvalue weighted by molar-refractivity contribution is 0.0949. The van der Waals surface area contributed by atoms with Gasteiger partial charge in [0.05, 0.1) is 12.2 Å². The fourth-order valence-corrected chi connectivity index (χ4v) is 1.85. The first-order valence-corrected chi connectivity index (χ1v) is 7.36. The van der Waals surface area contributed by atoms with Crippen LogP contribution >= 0.6 is 0 Å². The highest BCUT2D eigenvalue weighted by Gasteiger charge is 2.11. The van der Waals surface area contributed by atoms with Crippen LogP contribution in [-0.2, 0) is 0 Å². The Balaban J connectivity index is 2.55. The van der Waals surface area contributed by atoms with E-state index in [0.717, 1.165) is 25.7 Å². The molecule has 1 aromatic carbocycles. The van der Waals surface area contributed by atoms with E-state index in [-0.39, 0.29) is 18.1 Å². The third-order valence-corrected chi connectivity index (χ3v) is 3.00. The largest absolute Gasteiger partial charge is 0.395 e. The van der Waals surface area contributed by atoms with Gasteiger partial charge in [-0.25, -0.2) is 4.39 Å². The van der Waals surface area contributed by atoms with Crippen LogP contribution in [0.1, 0.15) is 54.9 Å². The maximum absolute atomic E-state index is 13.9. The second kappa shape index (κ2) is 9.95. The number of carbonyl (C=O) groups excluding carboxylic acids is 1. The van der Waals surface area contributed by atoms with Gasteiger partial charge in [0.2, 0.25) is 0 Å². The molecule has 1 rings (SSSR count). The molecule has 0 radical (unpaired) electrons. The summed E-state index contributed by atoms with van der Waals surface area (Å²) < 4.78 is 13.9. The molecule has 0 aliphatic rings. The average molecular weight is 291 g/mol. The summed E-state index contributed by atoms with van der Waals surface area (Å²) in [5, 5.41) is 11.3. The van der Waals surface area contributed by atoms with Crippen molar-refractivity contribution >= 4 is 5.91 Å². The van der Waals surface area contributed by atoms with Crippen molar-refractivity contribution in [2.24, 2.45) is 0 Å². The molecule has 0 atom stereocenters. The Hall–Kier alpha value is -1.86. The van der Waals surface area contributed by atoms with Gasteiger partial charge in [0.15, 0.2) is 0 Å². The van der Waals surface area contributed by atoms with E-state index in [1.165, 1.54) is 12.1 Å². The SMILES string of the molecule is CCCCCCNC(=O)c1ccc(C#CCCO)cc1F. The normalized spacial score (nSPS) is 9.86. The van der Waals surface area contributed by atoms with Gasteiger partial charge < -0.3 is 10.4 Å². The number of aliphatic hydroxyl groups excluding tert-OH is 1. The molecule has 2 N–H and O–H groups in total. The lowest BCUT2D eigenvalue weighted by Crippen LogP contribution is -2.25. The zero-order valence-corrected chi connectivity index (χ0v) is 12.4. The third-order valence-electron chi connectivity index (χ3n) is 3.00. The Morgan fingerprint density at radius 1 is 1.33 bits per heavy atom. The molecular formula is C17H22FNO2. The molecule has 114 valence electrons. The van der Waals surface area contributed by atoms with Crippen molar-refractivity contribution in [2.75, 3.05) is 13.2 Å². The molecule has 21 heavy (non-hydrogen) atoms. The van der Waals surface area contributed by atoms with E-state index in [4.69, 9.17) is 5.11 Å². The number of aliphatic hydroxyl groups is 1. The van der Waals surface area contributed by atoms with Gasteiger partial charge >= 0.3 is 0 Å². The minimum absolute atomic E-state index is 0.0198. The van der Waals surface area contributed by atoms with E-state index in [0.29, 0.717) is 18.5 Å². The molecule has 0 bridgehead atoms. The first kappa shape index (κ1) is 17.2. The molecule has 0 aromatic heterocycles. The van der Waals surface area contributed by atoms with Crippen LogP contribution in [0.5, 0.6) is 0 Å². The van der Waals surface area contributed by atoms with Crippen LogP contribution in [0.4, 0.5) is 4.39 Å². The smallest absolute Gasteiger partial charge is 0.254 e. The summed E-state index contributed by atoms with van der Waals surface area (Å²) >= 11 is 0. The lowest BCUT2D eigenvalue weighted by Gasteiger charge is -2.06. The van der Waals surface area contributed by atoms with Crippen molar-refractivity contribution < 1.29 is 14.3 Å². The van der Waals surface area contributed by atoms with Crippen molar-refractivity contribution in [2.45, 2.75) is 39.0 Å². The number of rotatable bonds is 7. The highest BCUT2D eigenvalue weighted by Crippen LogP contribution is 2.10.